The zero-order valence-electron chi connectivity index (χ0n) is 8.23. The number of nitrogens with two attached hydrogens (primary N) is 1. The lowest BCUT2D eigenvalue weighted by molar-refractivity contribution is 0.669. The van der Waals surface area contributed by atoms with Gasteiger partial charge < -0.3 is 10.2 Å². The maximum Gasteiger partial charge on any atom is 0.135 e. The van der Waals surface area contributed by atoms with E-state index in [-0.39, 0.29) is 0 Å². The Morgan fingerprint density at radius 3 is 2.60 bits per heavy atom. The van der Waals surface area contributed by atoms with Gasteiger partial charge in [0.25, 0.3) is 0 Å². The van der Waals surface area contributed by atoms with Crippen molar-refractivity contribution in [2.45, 2.75) is 6.54 Å². The highest BCUT2D eigenvalue weighted by molar-refractivity contribution is 6.04. The third-order valence-electron chi connectivity index (χ3n) is 2.68. The van der Waals surface area contributed by atoms with Crippen LogP contribution in [0.2, 0.25) is 0 Å². The molecule has 0 saturated carbocycles. The average molecular weight is 197 g/mol. The fourth-order valence-electron chi connectivity index (χ4n) is 1.90. The third kappa shape index (κ3) is 1.22. The van der Waals surface area contributed by atoms with Crippen molar-refractivity contribution < 1.29 is 4.42 Å². The second kappa shape index (κ2) is 3.11. The summed E-state index contributed by atoms with van der Waals surface area (Å²) < 4.78 is 5.71. The first-order chi connectivity index (χ1) is 7.38. The van der Waals surface area contributed by atoms with E-state index in [1.54, 1.807) is 0 Å². The lowest BCUT2D eigenvalue weighted by Crippen LogP contribution is -1.94. The minimum Gasteiger partial charge on any atom is -0.456 e. The summed E-state index contributed by atoms with van der Waals surface area (Å²) in [5.41, 5.74) is 8.61. The first-order valence-electron chi connectivity index (χ1n) is 4.99. The fraction of sp³-hybridized carbons (Fsp3) is 0.0769. The third-order valence-corrected chi connectivity index (χ3v) is 2.68. The molecule has 1 aromatic heterocycles. The second-order valence-electron chi connectivity index (χ2n) is 3.63. The van der Waals surface area contributed by atoms with Crippen molar-refractivity contribution in [3.63, 3.8) is 0 Å². The zero-order valence-corrected chi connectivity index (χ0v) is 8.23. The van der Waals surface area contributed by atoms with Gasteiger partial charge in [-0.15, -0.1) is 0 Å². The van der Waals surface area contributed by atoms with Gasteiger partial charge in [-0.1, -0.05) is 24.3 Å². The second-order valence-corrected chi connectivity index (χ2v) is 3.63. The highest BCUT2D eigenvalue weighted by Gasteiger charge is 2.05. The van der Waals surface area contributed by atoms with Crippen molar-refractivity contribution in [2.75, 3.05) is 0 Å². The van der Waals surface area contributed by atoms with Crippen LogP contribution in [0.1, 0.15) is 5.56 Å². The van der Waals surface area contributed by atoms with E-state index in [0.717, 1.165) is 27.5 Å². The number of benzene rings is 2. The standard InChI is InChI=1S/C13H11NO/c14-8-9-5-6-13-11(7-9)10-3-1-2-4-12(10)15-13/h1-7H,8,14H2. The van der Waals surface area contributed by atoms with Crippen LogP contribution >= 0.6 is 0 Å². The van der Waals surface area contributed by atoms with Crippen molar-refractivity contribution in [3.05, 3.63) is 48.0 Å². The summed E-state index contributed by atoms with van der Waals surface area (Å²) in [5, 5.41) is 2.30. The molecule has 2 nitrogen and oxygen atoms in total. The van der Waals surface area contributed by atoms with Crippen molar-refractivity contribution in [1.29, 1.82) is 0 Å². The fourth-order valence-corrected chi connectivity index (χ4v) is 1.90. The Hall–Kier alpha value is -1.80. The molecule has 0 saturated heterocycles. The molecule has 2 heteroatoms. The van der Waals surface area contributed by atoms with Crippen LogP contribution in [0.4, 0.5) is 0 Å². The van der Waals surface area contributed by atoms with Gasteiger partial charge in [-0.25, -0.2) is 0 Å². The highest BCUT2D eigenvalue weighted by Crippen LogP contribution is 2.28. The van der Waals surface area contributed by atoms with Gasteiger partial charge in [-0.05, 0) is 23.8 Å². The minimum atomic E-state index is 0.565. The van der Waals surface area contributed by atoms with Gasteiger partial charge in [0, 0.05) is 17.3 Å². The van der Waals surface area contributed by atoms with E-state index in [2.05, 4.69) is 12.1 Å². The molecular formula is C13H11NO. The van der Waals surface area contributed by atoms with E-state index < -0.39 is 0 Å². The van der Waals surface area contributed by atoms with E-state index in [1.165, 1.54) is 0 Å². The Kier molecular flexibility index (Phi) is 1.76. The SMILES string of the molecule is NCc1ccc2oc3ccccc3c2c1. The van der Waals surface area contributed by atoms with Crippen molar-refractivity contribution in [2.24, 2.45) is 5.73 Å². The maximum atomic E-state index is 5.71. The lowest BCUT2D eigenvalue weighted by Gasteiger charge is -1.95. The summed E-state index contributed by atoms with van der Waals surface area (Å²) in [5.74, 6) is 0. The summed E-state index contributed by atoms with van der Waals surface area (Å²) in [7, 11) is 0. The molecule has 0 bridgehead atoms. The van der Waals surface area contributed by atoms with Gasteiger partial charge in [-0.3, -0.25) is 0 Å². The summed E-state index contributed by atoms with van der Waals surface area (Å²) in [4.78, 5) is 0. The molecule has 0 fully saturated rings. The average Bonchev–Trinajstić information content (AvgIpc) is 2.66. The predicted octanol–water partition coefficient (Wildman–Crippen LogP) is 3.04. The van der Waals surface area contributed by atoms with Gasteiger partial charge in [0.1, 0.15) is 11.2 Å². The summed E-state index contributed by atoms with van der Waals surface area (Å²) in [6.07, 6.45) is 0. The van der Waals surface area contributed by atoms with Crippen LogP contribution in [0.25, 0.3) is 21.9 Å². The zero-order chi connectivity index (χ0) is 10.3. The molecule has 0 atom stereocenters. The summed E-state index contributed by atoms with van der Waals surface area (Å²) in [6.45, 7) is 0.565. The topological polar surface area (TPSA) is 39.2 Å². The van der Waals surface area contributed by atoms with Crippen LogP contribution in [0.15, 0.2) is 46.9 Å². The maximum absolute atomic E-state index is 5.71. The molecule has 2 N–H and O–H groups in total. The predicted molar refractivity (Wildman–Crippen MR) is 61.6 cm³/mol. The van der Waals surface area contributed by atoms with Gasteiger partial charge in [0.05, 0.1) is 0 Å². The van der Waals surface area contributed by atoms with Crippen LogP contribution in [0, 0.1) is 0 Å². The van der Waals surface area contributed by atoms with Crippen LogP contribution in [0.5, 0.6) is 0 Å². The Morgan fingerprint density at radius 2 is 1.73 bits per heavy atom. The van der Waals surface area contributed by atoms with E-state index >= 15 is 0 Å². The molecule has 1 heterocycles. The van der Waals surface area contributed by atoms with Crippen molar-refractivity contribution >= 4 is 21.9 Å². The Balaban J connectivity index is 2.46. The Labute approximate surface area is 87.3 Å². The van der Waals surface area contributed by atoms with E-state index in [0.29, 0.717) is 6.54 Å². The summed E-state index contributed by atoms with van der Waals surface area (Å²) >= 11 is 0. The molecule has 0 unspecified atom stereocenters. The molecule has 0 aliphatic rings. The van der Waals surface area contributed by atoms with E-state index in [4.69, 9.17) is 10.2 Å². The lowest BCUT2D eigenvalue weighted by atomic mass is 10.1. The molecule has 0 spiro atoms. The Morgan fingerprint density at radius 1 is 0.933 bits per heavy atom. The van der Waals surface area contributed by atoms with E-state index in [9.17, 15) is 0 Å². The molecule has 3 aromatic rings. The number of fused-ring (bicyclic) bond motifs is 3. The van der Waals surface area contributed by atoms with Crippen LogP contribution < -0.4 is 5.73 Å². The van der Waals surface area contributed by atoms with Gasteiger partial charge >= 0.3 is 0 Å². The van der Waals surface area contributed by atoms with Crippen molar-refractivity contribution in [3.8, 4) is 0 Å². The summed E-state index contributed by atoms with van der Waals surface area (Å²) in [6, 6.07) is 14.1. The number of hydrogen-bond donors (Lipinski definition) is 1. The first kappa shape index (κ1) is 8.50. The number of furan rings is 1. The molecule has 15 heavy (non-hydrogen) atoms. The molecule has 74 valence electrons. The van der Waals surface area contributed by atoms with Crippen LogP contribution in [-0.4, -0.2) is 0 Å². The monoisotopic (exact) mass is 197 g/mol. The van der Waals surface area contributed by atoms with Gasteiger partial charge in [0.2, 0.25) is 0 Å². The van der Waals surface area contributed by atoms with Crippen LogP contribution in [0.3, 0.4) is 0 Å². The first-order valence-corrected chi connectivity index (χ1v) is 4.99. The Bertz CT molecular complexity index is 625. The van der Waals surface area contributed by atoms with Crippen LogP contribution in [-0.2, 0) is 6.54 Å². The number of rotatable bonds is 1. The smallest absolute Gasteiger partial charge is 0.135 e. The molecule has 3 rings (SSSR count). The quantitative estimate of drug-likeness (QED) is 0.651. The largest absolute Gasteiger partial charge is 0.456 e. The highest BCUT2D eigenvalue weighted by atomic mass is 16.3. The van der Waals surface area contributed by atoms with E-state index in [1.807, 2.05) is 30.3 Å². The minimum absolute atomic E-state index is 0.565. The number of para-hydroxylation sites is 1. The molecule has 0 aliphatic heterocycles. The molecule has 0 aliphatic carbocycles. The molecule has 0 amide bonds. The molecule has 0 radical (unpaired) electrons. The van der Waals surface area contributed by atoms with Gasteiger partial charge in [-0.2, -0.15) is 0 Å². The molecular weight excluding hydrogens is 186 g/mol. The number of hydrogen-bond acceptors (Lipinski definition) is 2. The van der Waals surface area contributed by atoms with Gasteiger partial charge in [0.15, 0.2) is 0 Å². The molecule has 2 aromatic carbocycles. The van der Waals surface area contributed by atoms with Crippen molar-refractivity contribution in [1.82, 2.24) is 0 Å². The normalized spacial score (nSPS) is 11.3.